The number of hydrogen-bond donors (Lipinski definition) is 0. The summed E-state index contributed by atoms with van der Waals surface area (Å²) >= 11 is 0. The van der Waals surface area contributed by atoms with Gasteiger partial charge in [-0.2, -0.15) is 0 Å². The van der Waals surface area contributed by atoms with Crippen molar-refractivity contribution < 1.29 is 22.5 Å². The number of sulfone groups is 1. The standard InChI is InChI=1S/C18H29NO5S/c1-17(2,12-23-5)15-10-13(24-19-15)11-16(20)18(3,4)25(21,22)14-8-6-7-9-14/h10,14H,6-9,11-12H2,1-5H3. The number of Topliss-reactive ketones (excluding diaryl/α,β-unsaturated/α-hetero) is 1. The Balaban J connectivity index is 2.15. The van der Waals surface area contributed by atoms with E-state index in [9.17, 15) is 13.2 Å². The highest BCUT2D eigenvalue weighted by Gasteiger charge is 2.46. The fourth-order valence-corrected chi connectivity index (χ4v) is 5.47. The van der Waals surface area contributed by atoms with Crippen molar-refractivity contribution in [2.24, 2.45) is 0 Å². The van der Waals surface area contributed by atoms with Gasteiger partial charge >= 0.3 is 0 Å². The van der Waals surface area contributed by atoms with E-state index in [1.165, 1.54) is 13.8 Å². The molecule has 0 bridgehead atoms. The van der Waals surface area contributed by atoms with Gasteiger partial charge in [0, 0.05) is 18.6 Å². The topological polar surface area (TPSA) is 86.5 Å². The van der Waals surface area contributed by atoms with E-state index in [4.69, 9.17) is 9.26 Å². The van der Waals surface area contributed by atoms with E-state index in [2.05, 4.69) is 5.16 Å². The van der Waals surface area contributed by atoms with Gasteiger partial charge in [-0.3, -0.25) is 4.79 Å². The van der Waals surface area contributed by atoms with Crippen LogP contribution >= 0.6 is 0 Å². The van der Waals surface area contributed by atoms with Crippen molar-refractivity contribution in [2.75, 3.05) is 13.7 Å². The van der Waals surface area contributed by atoms with Crippen LogP contribution < -0.4 is 0 Å². The number of ether oxygens (including phenoxy) is 1. The molecule has 1 fully saturated rings. The molecule has 1 heterocycles. The molecule has 0 spiro atoms. The van der Waals surface area contributed by atoms with Gasteiger partial charge in [0.2, 0.25) is 0 Å². The molecule has 0 amide bonds. The highest BCUT2D eigenvalue weighted by atomic mass is 32.2. The van der Waals surface area contributed by atoms with Crippen LogP contribution in [-0.4, -0.2) is 43.1 Å². The molecule has 0 N–H and O–H groups in total. The molecule has 1 aliphatic carbocycles. The molecule has 0 saturated heterocycles. The number of rotatable bonds is 8. The lowest BCUT2D eigenvalue weighted by atomic mass is 9.90. The van der Waals surface area contributed by atoms with E-state index in [1.54, 1.807) is 13.2 Å². The van der Waals surface area contributed by atoms with Crippen molar-refractivity contribution in [1.29, 1.82) is 0 Å². The van der Waals surface area contributed by atoms with E-state index in [0.29, 0.717) is 30.9 Å². The second-order valence-corrected chi connectivity index (χ2v) is 10.8. The van der Waals surface area contributed by atoms with Gasteiger partial charge in [0.1, 0.15) is 10.5 Å². The van der Waals surface area contributed by atoms with Gasteiger partial charge in [0.25, 0.3) is 0 Å². The van der Waals surface area contributed by atoms with Crippen molar-refractivity contribution in [3.05, 3.63) is 17.5 Å². The van der Waals surface area contributed by atoms with Gasteiger partial charge in [0.05, 0.1) is 24.0 Å². The molecule has 6 nitrogen and oxygen atoms in total. The zero-order valence-corrected chi connectivity index (χ0v) is 16.6. The zero-order chi connectivity index (χ0) is 18.9. The Bertz CT molecular complexity index is 712. The Morgan fingerprint density at radius 3 is 2.44 bits per heavy atom. The lowest BCUT2D eigenvalue weighted by Gasteiger charge is -2.26. The molecule has 2 rings (SSSR count). The third-order valence-corrected chi connectivity index (χ3v) is 8.22. The molecule has 0 atom stereocenters. The van der Waals surface area contributed by atoms with Crippen molar-refractivity contribution >= 4 is 15.6 Å². The van der Waals surface area contributed by atoms with Crippen LogP contribution in [0.3, 0.4) is 0 Å². The van der Waals surface area contributed by atoms with Crippen LogP contribution in [0, 0.1) is 0 Å². The molecule has 0 unspecified atom stereocenters. The normalized spacial score (nSPS) is 17.2. The van der Waals surface area contributed by atoms with Gasteiger partial charge in [-0.05, 0) is 26.7 Å². The maximum atomic E-state index is 12.9. The Morgan fingerprint density at radius 1 is 1.28 bits per heavy atom. The average Bonchev–Trinajstić information content (AvgIpc) is 3.18. The van der Waals surface area contributed by atoms with Crippen LogP contribution in [0.2, 0.25) is 0 Å². The smallest absolute Gasteiger partial charge is 0.165 e. The minimum Gasteiger partial charge on any atom is -0.384 e. The van der Waals surface area contributed by atoms with Crippen molar-refractivity contribution in [3.8, 4) is 0 Å². The maximum Gasteiger partial charge on any atom is 0.165 e. The number of hydrogen-bond acceptors (Lipinski definition) is 6. The summed E-state index contributed by atoms with van der Waals surface area (Å²) in [6.45, 7) is 7.42. The van der Waals surface area contributed by atoms with E-state index in [1.807, 2.05) is 13.8 Å². The molecular weight excluding hydrogens is 342 g/mol. The highest BCUT2D eigenvalue weighted by Crippen LogP contribution is 2.33. The monoisotopic (exact) mass is 371 g/mol. The molecule has 7 heteroatoms. The summed E-state index contributed by atoms with van der Waals surface area (Å²) < 4.78 is 34.7. The summed E-state index contributed by atoms with van der Waals surface area (Å²) in [4.78, 5) is 12.7. The summed E-state index contributed by atoms with van der Waals surface area (Å²) in [6.07, 6.45) is 3.05. The number of carbonyl (C=O) groups is 1. The summed E-state index contributed by atoms with van der Waals surface area (Å²) in [7, 11) is -1.91. The first-order valence-corrected chi connectivity index (χ1v) is 10.3. The number of ketones is 1. The Labute approximate surface area is 150 Å². The molecule has 1 aromatic rings. The minimum absolute atomic E-state index is 0.0744. The van der Waals surface area contributed by atoms with Crippen LogP contribution in [-0.2, 0) is 31.2 Å². The van der Waals surface area contributed by atoms with Crippen molar-refractivity contribution in [1.82, 2.24) is 5.16 Å². The molecule has 0 aromatic carbocycles. The SMILES string of the molecule is COCC(C)(C)c1cc(CC(=O)C(C)(C)S(=O)(=O)C2CCCC2)on1. The molecular formula is C18H29NO5S. The van der Waals surface area contributed by atoms with Gasteiger partial charge in [-0.15, -0.1) is 0 Å². The van der Waals surface area contributed by atoms with Gasteiger partial charge in [-0.25, -0.2) is 8.42 Å². The van der Waals surface area contributed by atoms with Gasteiger partial charge in [-0.1, -0.05) is 31.8 Å². The van der Waals surface area contributed by atoms with Crippen LogP contribution in [0.5, 0.6) is 0 Å². The quantitative estimate of drug-likeness (QED) is 0.698. The average molecular weight is 371 g/mol. The number of nitrogens with zero attached hydrogens (tertiary/aromatic N) is 1. The third-order valence-electron chi connectivity index (χ3n) is 5.22. The van der Waals surface area contributed by atoms with Crippen LogP contribution in [0.1, 0.15) is 64.8 Å². The van der Waals surface area contributed by atoms with Crippen molar-refractivity contribution in [3.63, 3.8) is 0 Å². The zero-order valence-electron chi connectivity index (χ0n) is 15.8. The lowest BCUT2D eigenvalue weighted by molar-refractivity contribution is -0.120. The van der Waals surface area contributed by atoms with E-state index < -0.39 is 19.8 Å². The number of carbonyl (C=O) groups excluding carboxylic acids is 1. The van der Waals surface area contributed by atoms with Crippen LogP contribution in [0.15, 0.2) is 10.6 Å². The Morgan fingerprint density at radius 2 is 1.88 bits per heavy atom. The molecule has 1 aliphatic rings. The predicted octanol–water partition coefficient (Wildman–Crippen LogP) is 2.85. The lowest BCUT2D eigenvalue weighted by Crippen LogP contribution is -2.46. The predicted molar refractivity (Wildman–Crippen MR) is 95.4 cm³/mol. The molecule has 0 radical (unpaired) electrons. The third kappa shape index (κ3) is 3.97. The summed E-state index contributed by atoms with van der Waals surface area (Å²) in [5.74, 6) is 0.0329. The highest BCUT2D eigenvalue weighted by molar-refractivity contribution is 7.94. The van der Waals surface area contributed by atoms with E-state index >= 15 is 0 Å². The Kier molecular flexibility index (Phi) is 5.78. The molecule has 1 aromatic heterocycles. The van der Waals surface area contributed by atoms with Crippen LogP contribution in [0.25, 0.3) is 0 Å². The minimum atomic E-state index is -3.52. The van der Waals surface area contributed by atoms with Gasteiger partial charge in [0.15, 0.2) is 15.6 Å². The first-order valence-electron chi connectivity index (χ1n) is 8.74. The second-order valence-electron chi connectivity index (χ2n) is 8.06. The fourth-order valence-electron chi connectivity index (χ4n) is 3.30. The first kappa shape index (κ1) is 20.1. The van der Waals surface area contributed by atoms with Crippen molar-refractivity contribution in [2.45, 2.75) is 75.2 Å². The first-order chi connectivity index (χ1) is 11.5. The van der Waals surface area contributed by atoms with E-state index in [0.717, 1.165) is 12.8 Å². The summed E-state index contributed by atoms with van der Waals surface area (Å²) in [5.41, 5.74) is 0.346. The maximum absolute atomic E-state index is 12.9. The molecule has 142 valence electrons. The fraction of sp³-hybridized carbons (Fsp3) is 0.778. The summed E-state index contributed by atoms with van der Waals surface area (Å²) in [5, 5.41) is 3.62. The van der Waals surface area contributed by atoms with E-state index in [-0.39, 0.29) is 17.6 Å². The number of methoxy groups -OCH3 is 1. The molecule has 0 aliphatic heterocycles. The molecule has 1 saturated carbocycles. The van der Waals surface area contributed by atoms with Crippen LogP contribution in [0.4, 0.5) is 0 Å². The number of aromatic nitrogens is 1. The van der Waals surface area contributed by atoms with Gasteiger partial charge < -0.3 is 9.26 Å². The summed E-state index contributed by atoms with van der Waals surface area (Å²) in [6, 6.07) is 1.72. The largest absolute Gasteiger partial charge is 0.384 e. The Hall–Kier alpha value is -1.21. The second kappa shape index (κ2) is 7.19. The molecule has 25 heavy (non-hydrogen) atoms.